The first kappa shape index (κ1) is 24.7. The molecule has 10 heteroatoms. The number of rotatable bonds is 10. The molecule has 1 unspecified atom stereocenters. The van der Waals surface area contributed by atoms with E-state index in [1.165, 1.54) is 12.4 Å². The van der Waals surface area contributed by atoms with Crippen molar-refractivity contribution in [3.63, 3.8) is 0 Å². The Bertz CT molecular complexity index is 1100. The molecule has 0 bridgehead atoms. The topological polar surface area (TPSA) is 124 Å². The van der Waals surface area contributed by atoms with Gasteiger partial charge in [0.25, 0.3) is 5.91 Å². The fourth-order valence-electron chi connectivity index (χ4n) is 3.52. The van der Waals surface area contributed by atoms with Gasteiger partial charge in [-0.2, -0.15) is 0 Å². The third-order valence-electron chi connectivity index (χ3n) is 5.71. The molecule has 1 aliphatic heterocycles. The van der Waals surface area contributed by atoms with Gasteiger partial charge in [-0.15, -0.1) is 0 Å². The molecule has 0 radical (unpaired) electrons. The quantitative estimate of drug-likeness (QED) is 0.307. The van der Waals surface area contributed by atoms with Gasteiger partial charge in [-0.1, -0.05) is 41.6 Å². The second-order valence-electron chi connectivity index (χ2n) is 8.06. The fraction of sp³-hybridized carbons (Fsp3) is 0.391. The highest BCUT2D eigenvalue weighted by molar-refractivity contribution is 7.92. The lowest BCUT2D eigenvalue weighted by Gasteiger charge is -2.26. The minimum absolute atomic E-state index is 0.137. The minimum atomic E-state index is -3.81. The molecule has 2 N–H and O–H groups in total. The largest absolute Gasteiger partial charge is 0.491 e. The van der Waals surface area contributed by atoms with Gasteiger partial charge in [0.2, 0.25) is 0 Å². The van der Waals surface area contributed by atoms with Gasteiger partial charge in [0.15, 0.2) is 14.6 Å². The lowest BCUT2D eigenvalue weighted by atomic mass is 9.95. The first-order valence-electron chi connectivity index (χ1n) is 10.4. The van der Waals surface area contributed by atoms with Crippen molar-refractivity contribution in [2.75, 3.05) is 26.6 Å². The van der Waals surface area contributed by atoms with Gasteiger partial charge in [-0.05, 0) is 35.7 Å². The van der Waals surface area contributed by atoms with Crippen molar-refractivity contribution in [3.05, 3.63) is 54.1 Å². The van der Waals surface area contributed by atoms with E-state index < -0.39 is 26.6 Å². The smallest absolute Gasteiger partial charge is 0.264 e. The van der Waals surface area contributed by atoms with Gasteiger partial charge in [-0.3, -0.25) is 10.0 Å². The highest BCUT2D eigenvalue weighted by Gasteiger charge is 2.47. The van der Waals surface area contributed by atoms with E-state index in [2.05, 4.69) is 5.16 Å². The van der Waals surface area contributed by atoms with Crippen LogP contribution in [0.3, 0.4) is 0 Å². The zero-order valence-corrected chi connectivity index (χ0v) is 19.6. The molecular formula is C23H28N2O7S. The SMILES string of the molecule is COCCOc1ccc(-c2ccc(C3=NO[C@@H](CC(C)(C(=O)NO)S(C)(=O)=O)C3)cc2)cc1. The summed E-state index contributed by atoms with van der Waals surface area (Å²) < 4.78 is 33.1. The van der Waals surface area contributed by atoms with Crippen LogP contribution >= 0.6 is 0 Å². The summed E-state index contributed by atoms with van der Waals surface area (Å²) in [7, 11) is -2.18. The Labute approximate surface area is 193 Å². The first-order chi connectivity index (χ1) is 15.7. The van der Waals surface area contributed by atoms with Crippen LogP contribution in [0.4, 0.5) is 0 Å². The van der Waals surface area contributed by atoms with E-state index in [-0.39, 0.29) is 6.42 Å². The molecule has 33 heavy (non-hydrogen) atoms. The lowest BCUT2D eigenvalue weighted by Crippen LogP contribution is -2.51. The van der Waals surface area contributed by atoms with Crippen LogP contribution < -0.4 is 10.2 Å². The third-order valence-corrected chi connectivity index (χ3v) is 7.70. The molecule has 0 saturated heterocycles. The predicted molar refractivity (Wildman–Crippen MR) is 123 cm³/mol. The lowest BCUT2D eigenvalue weighted by molar-refractivity contribution is -0.132. The van der Waals surface area contributed by atoms with E-state index in [9.17, 15) is 13.2 Å². The Balaban J connectivity index is 1.64. The van der Waals surface area contributed by atoms with Crippen LogP contribution in [0.2, 0.25) is 0 Å². The van der Waals surface area contributed by atoms with Crippen molar-refractivity contribution in [1.82, 2.24) is 5.48 Å². The second kappa shape index (κ2) is 10.3. The number of hydrogen-bond acceptors (Lipinski definition) is 8. The summed E-state index contributed by atoms with van der Waals surface area (Å²) in [4.78, 5) is 17.4. The van der Waals surface area contributed by atoms with Gasteiger partial charge in [0.05, 0.1) is 12.3 Å². The van der Waals surface area contributed by atoms with Crippen molar-refractivity contribution in [1.29, 1.82) is 0 Å². The number of ether oxygens (including phenoxy) is 2. The molecule has 0 fully saturated rings. The van der Waals surface area contributed by atoms with E-state index in [1.807, 2.05) is 48.5 Å². The zero-order chi connectivity index (χ0) is 24.1. The fourth-order valence-corrected chi connectivity index (χ4v) is 4.39. The Morgan fingerprint density at radius 1 is 1.12 bits per heavy atom. The van der Waals surface area contributed by atoms with Crippen LogP contribution in [-0.2, 0) is 24.2 Å². The maximum atomic E-state index is 12.2. The molecule has 9 nitrogen and oxygen atoms in total. The van der Waals surface area contributed by atoms with Crippen LogP contribution in [0, 0.1) is 0 Å². The Hall–Kier alpha value is -2.95. The number of hydroxylamine groups is 1. The van der Waals surface area contributed by atoms with Crippen LogP contribution in [0.1, 0.15) is 25.3 Å². The number of sulfone groups is 1. The van der Waals surface area contributed by atoms with Gasteiger partial charge in [0.1, 0.15) is 18.5 Å². The second-order valence-corrected chi connectivity index (χ2v) is 10.5. The molecule has 0 aliphatic carbocycles. The monoisotopic (exact) mass is 476 g/mol. The summed E-state index contributed by atoms with van der Waals surface area (Å²) >= 11 is 0. The molecule has 178 valence electrons. The maximum Gasteiger partial charge on any atom is 0.264 e. The molecule has 0 spiro atoms. The molecule has 0 aromatic heterocycles. The summed E-state index contributed by atoms with van der Waals surface area (Å²) in [6, 6.07) is 15.5. The Kier molecular flexibility index (Phi) is 7.72. The summed E-state index contributed by atoms with van der Waals surface area (Å²) in [5.74, 6) is -0.228. The maximum absolute atomic E-state index is 12.2. The molecule has 0 saturated carbocycles. The molecule has 2 aromatic rings. The zero-order valence-electron chi connectivity index (χ0n) is 18.8. The van der Waals surface area contributed by atoms with Crippen molar-refractivity contribution in [2.24, 2.45) is 5.16 Å². The molecule has 2 atom stereocenters. The van der Waals surface area contributed by atoms with Crippen LogP contribution in [0.25, 0.3) is 11.1 Å². The number of carbonyl (C=O) groups is 1. The molecule has 1 aliphatic rings. The van der Waals surface area contributed by atoms with E-state index in [0.29, 0.717) is 25.3 Å². The number of hydrogen-bond donors (Lipinski definition) is 2. The van der Waals surface area contributed by atoms with E-state index in [0.717, 1.165) is 28.7 Å². The summed E-state index contributed by atoms with van der Waals surface area (Å²) in [5.41, 5.74) is 4.99. The predicted octanol–water partition coefficient (Wildman–Crippen LogP) is 2.57. The molecule has 1 amide bonds. The Morgan fingerprint density at radius 3 is 2.24 bits per heavy atom. The number of methoxy groups -OCH3 is 1. The van der Waals surface area contributed by atoms with Crippen molar-refractivity contribution < 1.29 is 32.7 Å². The van der Waals surface area contributed by atoms with E-state index in [4.69, 9.17) is 19.5 Å². The average molecular weight is 477 g/mol. The normalized spacial score (nSPS) is 17.6. The highest BCUT2D eigenvalue weighted by atomic mass is 32.2. The first-order valence-corrected chi connectivity index (χ1v) is 12.3. The Morgan fingerprint density at radius 2 is 1.70 bits per heavy atom. The van der Waals surface area contributed by atoms with Crippen LogP contribution in [0.5, 0.6) is 5.75 Å². The van der Waals surface area contributed by atoms with E-state index in [1.54, 1.807) is 7.11 Å². The van der Waals surface area contributed by atoms with Crippen molar-refractivity contribution in [3.8, 4) is 16.9 Å². The standard InChI is InChI=1S/C23H28N2O7S/c1-23(22(26)24-27,33(3,28)29)15-20-14-21(25-32-20)18-6-4-16(5-7-18)17-8-10-19(11-9-17)31-13-12-30-2/h4-11,20,27H,12-15H2,1-3H3,(H,24,26)/t20-,23?/m1/s1. The third kappa shape index (κ3) is 5.70. The molecule has 2 aromatic carbocycles. The average Bonchev–Trinajstić information content (AvgIpc) is 3.26. The van der Waals surface area contributed by atoms with Crippen LogP contribution in [-0.4, -0.2) is 62.7 Å². The molecule has 1 heterocycles. The van der Waals surface area contributed by atoms with Crippen LogP contribution in [0.15, 0.2) is 53.7 Å². The number of benzene rings is 2. The molecular weight excluding hydrogens is 448 g/mol. The van der Waals surface area contributed by atoms with Gasteiger partial charge in [-0.25, -0.2) is 13.9 Å². The number of amides is 1. The minimum Gasteiger partial charge on any atom is -0.491 e. The number of nitrogens with one attached hydrogen (secondary N) is 1. The van der Waals surface area contributed by atoms with Gasteiger partial charge in [0, 0.05) is 26.2 Å². The number of nitrogens with zero attached hydrogens (tertiary/aromatic N) is 1. The summed E-state index contributed by atoms with van der Waals surface area (Å²) in [5, 5.41) is 13.1. The van der Waals surface area contributed by atoms with Crippen molar-refractivity contribution in [2.45, 2.75) is 30.6 Å². The number of oxime groups is 1. The highest BCUT2D eigenvalue weighted by Crippen LogP contribution is 2.30. The summed E-state index contributed by atoms with van der Waals surface area (Å²) in [6.07, 6.45) is 0.553. The summed E-state index contributed by atoms with van der Waals surface area (Å²) in [6.45, 7) is 2.28. The molecule has 3 rings (SSSR count). The van der Waals surface area contributed by atoms with Gasteiger partial charge >= 0.3 is 0 Å². The van der Waals surface area contributed by atoms with Gasteiger partial charge < -0.3 is 14.3 Å². The van der Waals surface area contributed by atoms with Crippen molar-refractivity contribution >= 4 is 21.5 Å². The number of carbonyl (C=O) groups excluding carboxylic acids is 1. The van der Waals surface area contributed by atoms with E-state index >= 15 is 0 Å².